The first kappa shape index (κ1) is 14.3. The van der Waals surface area contributed by atoms with Crippen molar-refractivity contribution in [2.24, 2.45) is 0 Å². The van der Waals surface area contributed by atoms with Crippen LogP contribution in [0.15, 0.2) is 30.5 Å². The molecule has 1 heterocycles. The summed E-state index contributed by atoms with van der Waals surface area (Å²) in [7, 11) is 0. The van der Waals surface area contributed by atoms with Crippen LogP contribution in [0.4, 0.5) is 4.39 Å². The van der Waals surface area contributed by atoms with Crippen molar-refractivity contribution in [3.63, 3.8) is 0 Å². The fourth-order valence-electron chi connectivity index (χ4n) is 3.09. The molecule has 0 bridgehead atoms. The summed E-state index contributed by atoms with van der Waals surface area (Å²) < 4.78 is 16.0. The number of nitrogens with zero attached hydrogens (tertiary/aromatic N) is 2. The van der Waals surface area contributed by atoms with Crippen LogP contribution >= 0.6 is 0 Å². The summed E-state index contributed by atoms with van der Waals surface area (Å²) in [4.78, 5) is 0. The van der Waals surface area contributed by atoms with Crippen molar-refractivity contribution in [2.45, 2.75) is 51.2 Å². The highest BCUT2D eigenvalue weighted by atomic mass is 19.1. The van der Waals surface area contributed by atoms with E-state index in [1.54, 1.807) is 25.1 Å². The van der Waals surface area contributed by atoms with Gasteiger partial charge in [0.25, 0.3) is 0 Å². The SMILES string of the molecule is Cc1cccc(C(O)Cc2ccn(C3CCCC3)n2)c1F. The summed E-state index contributed by atoms with van der Waals surface area (Å²) in [6.45, 7) is 1.71. The van der Waals surface area contributed by atoms with Gasteiger partial charge in [0.05, 0.1) is 17.8 Å². The monoisotopic (exact) mass is 288 g/mol. The quantitative estimate of drug-likeness (QED) is 0.931. The molecule has 0 radical (unpaired) electrons. The smallest absolute Gasteiger partial charge is 0.131 e. The second kappa shape index (κ2) is 5.98. The van der Waals surface area contributed by atoms with E-state index in [0.717, 1.165) is 5.69 Å². The molecule has 1 N–H and O–H groups in total. The minimum absolute atomic E-state index is 0.319. The third-order valence-electron chi connectivity index (χ3n) is 4.35. The number of halogens is 1. The average molecular weight is 288 g/mol. The molecule has 112 valence electrons. The molecule has 1 aromatic heterocycles. The zero-order valence-electron chi connectivity index (χ0n) is 12.3. The molecular weight excluding hydrogens is 267 g/mol. The fourth-order valence-corrected chi connectivity index (χ4v) is 3.09. The highest BCUT2D eigenvalue weighted by Gasteiger charge is 2.19. The van der Waals surface area contributed by atoms with Crippen LogP contribution in [0.2, 0.25) is 0 Å². The van der Waals surface area contributed by atoms with E-state index in [0.29, 0.717) is 23.6 Å². The van der Waals surface area contributed by atoms with Crippen molar-refractivity contribution < 1.29 is 9.50 Å². The summed E-state index contributed by atoms with van der Waals surface area (Å²) in [5.74, 6) is -0.319. The lowest BCUT2D eigenvalue weighted by molar-refractivity contribution is 0.172. The lowest BCUT2D eigenvalue weighted by atomic mass is 10.0. The van der Waals surface area contributed by atoms with Gasteiger partial charge in [-0.25, -0.2) is 4.39 Å². The molecule has 0 saturated heterocycles. The molecule has 3 rings (SSSR count). The Balaban J connectivity index is 1.72. The molecule has 1 fully saturated rings. The van der Waals surface area contributed by atoms with E-state index >= 15 is 0 Å². The van der Waals surface area contributed by atoms with Crippen LogP contribution in [0.5, 0.6) is 0 Å². The Bertz CT molecular complexity index is 617. The first-order valence-corrected chi connectivity index (χ1v) is 7.62. The molecule has 1 aliphatic carbocycles. The maximum atomic E-state index is 14.0. The number of hydrogen-bond donors (Lipinski definition) is 1. The van der Waals surface area contributed by atoms with E-state index in [-0.39, 0.29) is 5.82 Å². The summed E-state index contributed by atoms with van der Waals surface area (Å²) in [5.41, 5.74) is 1.73. The minimum Gasteiger partial charge on any atom is -0.388 e. The van der Waals surface area contributed by atoms with E-state index in [4.69, 9.17) is 0 Å². The maximum Gasteiger partial charge on any atom is 0.131 e. The fraction of sp³-hybridized carbons (Fsp3) is 0.471. The topological polar surface area (TPSA) is 38.0 Å². The summed E-state index contributed by atoms with van der Waals surface area (Å²) in [6.07, 6.45) is 6.35. The molecule has 1 atom stereocenters. The van der Waals surface area contributed by atoms with Crippen LogP contribution in [0, 0.1) is 12.7 Å². The molecule has 2 aromatic rings. The Morgan fingerprint density at radius 2 is 2.10 bits per heavy atom. The summed E-state index contributed by atoms with van der Waals surface area (Å²) >= 11 is 0. The molecule has 0 spiro atoms. The lowest BCUT2D eigenvalue weighted by Crippen LogP contribution is -2.08. The molecule has 0 amide bonds. The van der Waals surface area contributed by atoms with Crippen molar-refractivity contribution in [3.8, 4) is 0 Å². The van der Waals surface area contributed by atoms with Crippen molar-refractivity contribution in [2.75, 3.05) is 0 Å². The number of aryl methyl sites for hydroxylation is 1. The number of rotatable bonds is 4. The molecule has 1 aromatic carbocycles. The molecule has 1 unspecified atom stereocenters. The van der Waals surface area contributed by atoms with Gasteiger partial charge in [-0.2, -0.15) is 5.10 Å². The number of aliphatic hydroxyl groups excluding tert-OH is 1. The van der Waals surface area contributed by atoms with Crippen molar-refractivity contribution >= 4 is 0 Å². The number of aliphatic hydroxyl groups is 1. The second-order valence-electron chi connectivity index (χ2n) is 5.92. The van der Waals surface area contributed by atoms with Gasteiger partial charge in [0.2, 0.25) is 0 Å². The average Bonchev–Trinajstić information content (AvgIpc) is 3.12. The van der Waals surface area contributed by atoms with Crippen molar-refractivity contribution in [1.29, 1.82) is 0 Å². The molecule has 0 aliphatic heterocycles. The van der Waals surface area contributed by atoms with Gasteiger partial charge in [-0.15, -0.1) is 0 Å². The Kier molecular flexibility index (Phi) is 4.06. The van der Waals surface area contributed by atoms with E-state index in [1.807, 2.05) is 16.9 Å². The van der Waals surface area contributed by atoms with Gasteiger partial charge in [-0.05, 0) is 31.4 Å². The van der Waals surface area contributed by atoms with Gasteiger partial charge >= 0.3 is 0 Å². The zero-order chi connectivity index (χ0) is 14.8. The Morgan fingerprint density at radius 1 is 1.33 bits per heavy atom. The minimum atomic E-state index is -0.850. The van der Waals surface area contributed by atoms with Crippen LogP contribution in [-0.4, -0.2) is 14.9 Å². The number of hydrogen-bond acceptors (Lipinski definition) is 2. The standard InChI is InChI=1S/C17H21FN2O/c1-12-5-4-8-15(17(12)18)16(21)11-13-9-10-20(19-13)14-6-2-3-7-14/h4-5,8-10,14,16,21H,2-3,6-7,11H2,1H3. The first-order chi connectivity index (χ1) is 10.1. The molecular formula is C17H21FN2O. The summed E-state index contributed by atoms with van der Waals surface area (Å²) in [6, 6.07) is 7.54. The number of aromatic nitrogens is 2. The van der Waals surface area contributed by atoms with Crippen LogP contribution in [0.3, 0.4) is 0 Å². The normalized spacial score (nSPS) is 17.3. The highest BCUT2D eigenvalue weighted by Crippen LogP contribution is 2.29. The van der Waals surface area contributed by atoms with Crippen LogP contribution in [-0.2, 0) is 6.42 Å². The zero-order valence-corrected chi connectivity index (χ0v) is 12.3. The Morgan fingerprint density at radius 3 is 2.86 bits per heavy atom. The number of benzene rings is 1. The van der Waals surface area contributed by atoms with Gasteiger partial charge < -0.3 is 5.11 Å². The van der Waals surface area contributed by atoms with Crippen LogP contribution < -0.4 is 0 Å². The second-order valence-corrected chi connectivity index (χ2v) is 5.92. The summed E-state index contributed by atoms with van der Waals surface area (Å²) in [5, 5.41) is 14.8. The highest BCUT2D eigenvalue weighted by molar-refractivity contribution is 5.27. The molecule has 21 heavy (non-hydrogen) atoms. The van der Waals surface area contributed by atoms with E-state index < -0.39 is 6.10 Å². The third-order valence-corrected chi connectivity index (χ3v) is 4.35. The lowest BCUT2D eigenvalue weighted by Gasteiger charge is -2.12. The molecule has 4 heteroatoms. The molecule has 1 saturated carbocycles. The Hall–Kier alpha value is -1.68. The Labute approximate surface area is 124 Å². The largest absolute Gasteiger partial charge is 0.388 e. The van der Waals surface area contributed by atoms with Gasteiger partial charge in [-0.3, -0.25) is 4.68 Å². The van der Waals surface area contributed by atoms with Crippen LogP contribution in [0.25, 0.3) is 0 Å². The molecule has 1 aliphatic rings. The van der Waals surface area contributed by atoms with Crippen molar-refractivity contribution in [1.82, 2.24) is 9.78 Å². The van der Waals surface area contributed by atoms with E-state index in [2.05, 4.69) is 5.10 Å². The van der Waals surface area contributed by atoms with Gasteiger partial charge in [0, 0.05) is 18.2 Å². The van der Waals surface area contributed by atoms with Crippen molar-refractivity contribution in [3.05, 3.63) is 53.1 Å². The van der Waals surface area contributed by atoms with Gasteiger partial charge in [-0.1, -0.05) is 31.0 Å². The van der Waals surface area contributed by atoms with E-state index in [9.17, 15) is 9.50 Å². The first-order valence-electron chi connectivity index (χ1n) is 7.62. The predicted octanol–water partition coefficient (Wildman–Crippen LogP) is 3.72. The van der Waals surface area contributed by atoms with Gasteiger partial charge in [0.1, 0.15) is 5.82 Å². The van der Waals surface area contributed by atoms with Crippen LogP contribution in [0.1, 0.15) is 54.6 Å². The van der Waals surface area contributed by atoms with Gasteiger partial charge in [0.15, 0.2) is 0 Å². The molecule has 3 nitrogen and oxygen atoms in total. The predicted molar refractivity (Wildman–Crippen MR) is 79.5 cm³/mol. The van der Waals surface area contributed by atoms with E-state index in [1.165, 1.54) is 25.7 Å². The third kappa shape index (κ3) is 3.00. The maximum absolute atomic E-state index is 14.0.